The van der Waals surface area contributed by atoms with E-state index in [0.717, 1.165) is 49.2 Å². The minimum atomic E-state index is 0.0159. The minimum Gasteiger partial charge on any atom is -0.469 e. The fourth-order valence-corrected chi connectivity index (χ4v) is 3.49. The van der Waals surface area contributed by atoms with E-state index in [0.29, 0.717) is 6.54 Å². The molecule has 5 heteroatoms. The third-order valence-electron chi connectivity index (χ3n) is 5.10. The highest BCUT2D eigenvalue weighted by atomic mass is 16.3. The average molecular weight is 338 g/mol. The number of furan rings is 1. The zero-order valence-electron chi connectivity index (χ0n) is 14.1. The highest BCUT2D eigenvalue weighted by Gasteiger charge is 2.45. The van der Waals surface area contributed by atoms with Crippen LogP contribution in [0.25, 0.3) is 0 Å². The summed E-state index contributed by atoms with van der Waals surface area (Å²) in [4.78, 5) is 26.4. The topological polar surface area (TPSA) is 62.6 Å². The van der Waals surface area contributed by atoms with Crippen molar-refractivity contribution in [3.8, 4) is 0 Å². The van der Waals surface area contributed by atoms with Gasteiger partial charge >= 0.3 is 0 Å². The number of amides is 2. The van der Waals surface area contributed by atoms with E-state index in [1.807, 2.05) is 41.3 Å². The summed E-state index contributed by atoms with van der Waals surface area (Å²) in [5.74, 6) is 1.30. The molecule has 2 atom stereocenters. The van der Waals surface area contributed by atoms with Crippen LogP contribution in [0.1, 0.15) is 46.9 Å². The number of carbonyl (C=O) groups excluding carboxylic acids is 2. The first-order chi connectivity index (χ1) is 12.2. The third kappa shape index (κ3) is 3.45. The first-order valence-corrected chi connectivity index (χ1v) is 8.92. The van der Waals surface area contributed by atoms with Gasteiger partial charge in [-0.2, -0.15) is 0 Å². The van der Waals surface area contributed by atoms with Gasteiger partial charge in [-0.15, -0.1) is 0 Å². The molecule has 2 aromatic rings. The van der Waals surface area contributed by atoms with Crippen molar-refractivity contribution in [2.75, 3.05) is 13.1 Å². The summed E-state index contributed by atoms with van der Waals surface area (Å²) in [7, 11) is 0. The maximum absolute atomic E-state index is 12.3. The molecular weight excluding hydrogens is 316 g/mol. The Bertz CT molecular complexity index is 746. The fourth-order valence-electron chi connectivity index (χ4n) is 3.49. The van der Waals surface area contributed by atoms with E-state index in [9.17, 15) is 9.59 Å². The molecular formula is C20H22N2O3. The summed E-state index contributed by atoms with van der Waals surface area (Å²) in [5.41, 5.74) is 1.72. The molecule has 1 saturated carbocycles. The molecule has 1 N–H and O–H groups in total. The normalized spacial score (nSPS) is 22.0. The van der Waals surface area contributed by atoms with E-state index < -0.39 is 0 Å². The summed E-state index contributed by atoms with van der Waals surface area (Å²) in [6, 6.07) is 11.3. The molecule has 25 heavy (non-hydrogen) atoms. The van der Waals surface area contributed by atoms with Crippen LogP contribution < -0.4 is 5.32 Å². The molecule has 1 saturated heterocycles. The monoisotopic (exact) mass is 338 g/mol. The van der Waals surface area contributed by atoms with Gasteiger partial charge in [0.05, 0.1) is 6.26 Å². The summed E-state index contributed by atoms with van der Waals surface area (Å²) in [6.07, 6.45) is 4.68. The number of carbonyl (C=O) groups is 2. The molecule has 0 spiro atoms. The third-order valence-corrected chi connectivity index (χ3v) is 5.10. The van der Waals surface area contributed by atoms with Crippen molar-refractivity contribution in [3.05, 3.63) is 59.5 Å². The van der Waals surface area contributed by atoms with Crippen molar-refractivity contribution in [1.82, 2.24) is 10.2 Å². The van der Waals surface area contributed by atoms with Crippen molar-refractivity contribution >= 4 is 11.8 Å². The Labute approximate surface area is 147 Å². The van der Waals surface area contributed by atoms with Crippen LogP contribution in [0.15, 0.2) is 47.1 Å². The summed E-state index contributed by atoms with van der Waals surface area (Å²) < 4.78 is 5.36. The molecule has 1 aromatic heterocycles. The summed E-state index contributed by atoms with van der Waals surface area (Å²) >= 11 is 0. The van der Waals surface area contributed by atoms with Gasteiger partial charge in [0.1, 0.15) is 5.76 Å². The van der Waals surface area contributed by atoms with E-state index in [-0.39, 0.29) is 23.7 Å². The van der Waals surface area contributed by atoms with E-state index in [2.05, 4.69) is 5.32 Å². The molecule has 2 heterocycles. The van der Waals surface area contributed by atoms with Gasteiger partial charge in [-0.05, 0) is 49.1 Å². The van der Waals surface area contributed by atoms with Crippen molar-refractivity contribution in [3.63, 3.8) is 0 Å². The highest BCUT2D eigenvalue weighted by molar-refractivity contribution is 5.94. The molecule has 5 nitrogen and oxygen atoms in total. The van der Waals surface area contributed by atoms with Gasteiger partial charge in [0.25, 0.3) is 5.91 Å². The lowest BCUT2D eigenvalue weighted by atomic mass is 10.1. The quantitative estimate of drug-likeness (QED) is 0.912. The molecule has 0 radical (unpaired) electrons. The zero-order chi connectivity index (χ0) is 17.2. The second-order valence-corrected chi connectivity index (χ2v) is 6.88. The second-order valence-electron chi connectivity index (χ2n) is 6.88. The number of nitrogens with zero attached hydrogens (tertiary/aromatic N) is 1. The fraction of sp³-hybridized carbons (Fsp3) is 0.400. The van der Waals surface area contributed by atoms with Crippen LogP contribution in [0.2, 0.25) is 0 Å². The predicted molar refractivity (Wildman–Crippen MR) is 93.0 cm³/mol. The Hall–Kier alpha value is -2.56. The van der Waals surface area contributed by atoms with E-state index in [4.69, 9.17) is 4.42 Å². The van der Waals surface area contributed by atoms with Gasteiger partial charge in [-0.3, -0.25) is 9.59 Å². The van der Waals surface area contributed by atoms with E-state index in [1.165, 1.54) is 0 Å². The van der Waals surface area contributed by atoms with Gasteiger partial charge in [0.15, 0.2) is 0 Å². The molecule has 2 fully saturated rings. The van der Waals surface area contributed by atoms with Gasteiger partial charge in [-0.1, -0.05) is 12.1 Å². The van der Waals surface area contributed by atoms with Crippen LogP contribution >= 0.6 is 0 Å². The molecule has 2 aliphatic rings. The van der Waals surface area contributed by atoms with Crippen LogP contribution in [-0.2, 0) is 11.3 Å². The predicted octanol–water partition coefficient (Wildman–Crippen LogP) is 2.94. The molecule has 2 amide bonds. The Kier molecular flexibility index (Phi) is 4.30. The van der Waals surface area contributed by atoms with Crippen LogP contribution in [0.5, 0.6) is 0 Å². The lowest BCUT2D eigenvalue weighted by molar-refractivity contribution is -0.122. The van der Waals surface area contributed by atoms with Crippen LogP contribution in [0.4, 0.5) is 0 Å². The van der Waals surface area contributed by atoms with Crippen LogP contribution in [0, 0.1) is 5.92 Å². The highest BCUT2D eigenvalue weighted by Crippen LogP contribution is 2.47. The van der Waals surface area contributed by atoms with Gasteiger partial charge in [-0.25, -0.2) is 0 Å². The second kappa shape index (κ2) is 6.75. The Balaban J connectivity index is 1.28. The number of hydrogen-bond acceptors (Lipinski definition) is 3. The molecule has 0 bridgehead atoms. The van der Waals surface area contributed by atoms with Gasteiger partial charge in [0.2, 0.25) is 5.91 Å². The van der Waals surface area contributed by atoms with Crippen molar-refractivity contribution in [2.24, 2.45) is 5.92 Å². The molecule has 4 rings (SSSR count). The number of likely N-dealkylation sites (tertiary alicyclic amines) is 1. The lowest BCUT2D eigenvalue weighted by Gasteiger charge is -2.15. The lowest BCUT2D eigenvalue weighted by Crippen LogP contribution is -2.27. The molecule has 1 aromatic carbocycles. The average Bonchev–Trinajstić information content (AvgIpc) is 3.07. The Morgan fingerprint density at radius 3 is 2.56 bits per heavy atom. The standard InChI is InChI=1S/C20H22N2O3/c23-19(17-12-16(17)18-4-3-11-25-18)21-13-14-5-7-15(8-6-14)20(24)22-9-1-2-10-22/h3-8,11,16-17H,1-2,9-10,12-13H2,(H,21,23)/t16-,17-/m1/s1. The van der Waals surface area contributed by atoms with Crippen molar-refractivity contribution in [2.45, 2.75) is 31.7 Å². The van der Waals surface area contributed by atoms with E-state index in [1.54, 1.807) is 6.26 Å². The molecule has 1 aliphatic carbocycles. The first-order valence-electron chi connectivity index (χ1n) is 8.92. The number of benzene rings is 1. The van der Waals surface area contributed by atoms with E-state index >= 15 is 0 Å². The first kappa shape index (κ1) is 15.9. The molecule has 0 unspecified atom stereocenters. The maximum atomic E-state index is 12.3. The van der Waals surface area contributed by atoms with Gasteiger partial charge < -0.3 is 14.6 Å². The Morgan fingerprint density at radius 1 is 1.12 bits per heavy atom. The smallest absolute Gasteiger partial charge is 0.253 e. The molecule has 1 aliphatic heterocycles. The van der Waals surface area contributed by atoms with Crippen molar-refractivity contribution < 1.29 is 14.0 Å². The molecule has 130 valence electrons. The number of rotatable bonds is 5. The van der Waals surface area contributed by atoms with Gasteiger partial charge in [0, 0.05) is 37.0 Å². The Morgan fingerprint density at radius 2 is 1.88 bits per heavy atom. The van der Waals surface area contributed by atoms with Crippen LogP contribution in [0.3, 0.4) is 0 Å². The summed E-state index contributed by atoms with van der Waals surface area (Å²) in [6.45, 7) is 2.20. The van der Waals surface area contributed by atoms with Crippen LogP contribution in [-0.4, -0.2) is 29.8 Å². The SMILES string of the molecule is O=C(NCc1ccc(C(=O)N2CCCC2)cc1)[C@@H]1C[C@H]1c1ccco1. The summed E-state index contributed by atoms with van der Waals surface area (Å²) in [5, 5.41) is 2.98. The number of hydrogen-bond donors (Lipinski definition) is 1. The minimum absolute atomic E-state index is 0.0159. The van der Waals surface area contributed by atoms with Crippen molar-refractivity contribution in [1.29, 1.82) is 0 Å². The number of nitrogens with one attached hydrogen (secondary N) is 1. The zero-order valence-corrected chi connectivity index (χ0v) is 14.1. The largest absolute Gasteiger partial charge is 0.469 e. The maximum Gasteiger partial charge on any atom is 0.253 e.